The van der Waals surface area contributed by atoms with E-state index in [1.165, 1.54) is 53.1 Å². The van der Waals surface area contributed by atoms with Gasteiger partial charge in [0.05, 0.1) is 11.4 Å². The van der Waals surface area contributed by atoms with Crippen molar-refractivity contribution in [3.63, 3.8) is 0 Å². The van der Waals surface area contributed by atoms with Gasteiger partial charge in [-0.25, -0.2) is 9.59 Å². The number of carbonyl (C=O) groups excluding carboxylic acids is 3. The van der Waals surface area contributed by atoms with Gasteiger partial charge in [0.2, 0.25) is 5.91 Å². The summed E-state index contributed by atoms with van der Waals surface area (Å²) < 4.78 is 0.684. The molecule has 1 fully saturated rings. The molecule has 3 atom stereocenters. The first-order chi connectivity index (χ1) is 18.1. The number of aryl methyl sites for hydroxylation is 1. The molecule has 3 heterocycles. The van der Waals surface area contributed by atoms with Crippen LogP contribution < -0.4 is 5.32 Å². The number of thioether (sulfide) groups is 3. The Hall–Kier alpha value is -2.59. The number of nitrogens with zero attached hydrogens (tertiary/aromatic N) is 3. The van der Waals surface area contributed by atoms with E-state index < -0.39 is 52.1 Å². The fraction of sp³-hybridized carbons (Fsp3) is 0.318. The maximum Gasteiger partial charge on any atom is 0.352 e. The van der Waals surface area contributed by atoms with Gasteiger partial charge in [-0.1, -0.05) is 35.2 Å². The normalized spacial score (nSPS) is 19.4. The smallest absolute Gasteiger partial charge is 0.352 e. The van der Waals surface area contributed by atoms with Crippen LogP contribution in [0.25, 0.3) is 0 Å². The van der Waals surface area contributed by atoms with Gasteiger partial charge >= 0.3 is 11.9 Å². The van der Waals surface area contributed by atoms with Gasteiger partial charge in [0.1, 0.15) is 27.4 Å². The molecule has 4 rings (SSSR count). The van der Waals surface area contributed by atoms with Crippen LogP contribution in [0, 0.1) is 6.92 Å². The third-order valence-electron chi connectivity index (χ3n) is 5.45. The molecule has 2 unspecified atom stereocenters. The molecule has 2 amide bonds. The number of halogens is 1. The number of carboxylic acids is 2. The molecule has 1 saturated heterocycles. The highest BCUT2D eigenvalue weighted by atomic mass is 35.5. The number of carboxylic acid groups (broad SMARTS) is 2. The Morgan fingerprint density at radius 3 is 2.58 bits per heavy atom. The standard InChI is InChI=1S/C22H19ClN4O7S4/c1-9-25-26-22(37-9)36-8-10-7-35-19-14(18(30)27(19)15(10)21(33)34)24-17(29)16(12(28)6-23)38-13-5-3-2-4-11(13)20(31)32/h2-5,14,16,19H,6-8H2,1H3,(H,24,29)(H,31,32)(H,33,34)/t14?,16?,19-/m1/s1. The molecular formula is C22H19ClN4O7S4. The summed E-state index contributed by atoms with van der Waals surface area (Å²) >= 11 is 10.5. The molecule has 1 aromatic carbocycles. The Balaban J connectivity index is 1.49. The predicted molar refractivity (Wildman–Crippen MR) is 144 cm³/mol. The number of aromatic carboxylic acids is 1. The summed E-state index contributed by atoms with van der Waals surface area (Å²) in [6.07, 6.45) is 0. The average molecular weight is 615 g/mol. The van der Waals surface area contributed by atoms with Crippen LogP contribution >= 0.6 is 58.2 Å². The molecule has 2 aliphatic rings. The Labute approximate surface area is 237 Å². The number of carbonyl (C=O) groups is 5. The van der Waals surface area contributed by atoms with E-state index in [1.807, 2.05) is 6.92 Å². The largest absolute Gasteiger partial charge is 0.478 e. The molecular weight excluding hydrogens is 596 g/mol. The van der Waals surface area contributed by atoms with Gasteiger partial charge in [0.25, 0.3) is 5.91 Å². The number of aromatic nitrogens is 2. The van der Waals surface area contributed by atoms with Crippen molar-refractivity contribution in [3.05, 3.63) is 46.1 Å². The molecule has 0 bridgehead atoms. The summed E-state index contributed by atoms with van der Waals surface area (Å²) in [5.41, 5.74) is 0.332. The van der Waals surface area contributed by atoms with E-state index in [1.54, 1.807) is 6.07 Å². The molecule has 0 saturated carbocycles. The zero-order valence-corrected chi connectivity index (χ0v) is 23.5. The summed E-state index contributed by atoms with van der Waals surface area (Å²) in [5, 5.41) is 28.5. The average Bonchev–Trinajstić information content (AvgIpc) is 3.32. The van der Waals surface area contributed by atoms with E-state index in [0.717, 1.165) is 21.7 Å². The SMILES string of the molecule is Cc1nnc(SCC2=C(C(=O)O)N3C(=O)C(NC(=O)C(Sc4ccccc4C(=O)O)C(=O)CCl)[C@H]3SC2)s1. The summed E-state index contributed by atoms with van der Waals surface area (Å²) in [4.78, 5) is 63.6. The van der Waals surface area contributed by atoms with Gasteiger partial charge in [-0.05, 0) is 24.6 Å². The molecule has 2 aliphatic heterocycles. The van der Waals surface area contributed by atoms with Crippen LogP contribution in [0.2, 0.25) is 0 Å². The van der Waals surface area contributed by atoms with Crippen LogP contribution in [0.4, 0.5) is 0 Å². The van der Waals surface area contributed by atoms with Crippen molar-refractivity contribution in [1.29, 1.82) is 0 Å². The number of rotatable bonds is 11. The van der Waals surface area contributed by atoms with Gasteiger partial charge < -0.3 is 15.5 Å². The van der Waals surface area contributed by atoms with Crippen molar-refractivity contribution in [1.82, 2.24) is 20.4 Å². The molecule has 11 nitrogen and oxygen atoms in total. The minimum Gasteiger partial charge on any atom is -0.478 e. The molecule has 200 valence electrons. The van der Waals surface area contributed by atoms with Crippen LogP contribution in [0.15, 0.2) is 44.8 Å². The van der Waals surface area contributed by atoms with E-state index in [2.05, 4.69) is 15.5 Å². The van der Waals surface area contributed by atoms with Gasteiger partial charge in [-0.2, -0.15) is 0 Å². The third kappa shape index (κ3) is 5.86. The van der Waals surface area contributed by atoms with E-state index in [4.69, 9.17) is 11.6 Å². The number of hydrogen-bond donors (Lipinski definition) is 3. The molecule has 0 aliphatic carbocycles. The summed E-state index contributed by atoms with van der Waals surface area (Å²) in [5.74, 6) is -4.44. The summed E-state index contributed by atoms with van der Waals surface area (Å²) in [7, 11) is 0. The molecule has 0 spiro atoms. The van der Waals surface area contributed by atoms with Crippen molar-refractivity contribution < 1.29 is 34.2 Å². The number of benzene rings is 1. The monoisotopic (exact) mass is 614 g/mol. The predicted octanol–water partition coefficient (Wildman–Crippen LogP) is 2.34. The highest BCUT2D eigenvalue weighted by Gasteiger charge is 2.54. The Bertz CT molecular complexity index is 1350. The topological polar surface area (TPSA) is 167 Å². The first kappa shape index (κ1) is 28.4. The first-order valence-corrected chi connectivity index (χ1v) is 15.1. The number of β-lactam (4-membered cyclic amide) rings is 1. The Morgan fingerprint density at radius 1 is 1.21 bits per heavy atom. The van der Waals surface area contributed by atoms with Gasteiger partial charge in [-0.3, -0.25) is 19.3 Å². The maximum atomic E-state index is 13.1. The number of nitrogens with one attached hydrogen (secondary N) is 1. The van der Waals surface area contributed by atoms with E-state index >= 15 is 0 Å². The second kappa shape index (κ2) is 12.1. The second-order valence-electron chi connectivity index (χ2n) is 7.93. The summed E-state index contributed by atoms with van der Waals surface area (Å²) in [6.45, 7) is 1.81. The lowest BCUT2D eigenvalue weighted by Crippen LogP contribution is -2.71. The molecule has 3 N–H and O–H groups in total. The Morgan fingerprint density at radius 2 is 1.95 bits per heavy atom. The van der Waals surface area contributed by atoms with Crippen molar-refractivity contribution in [2.24, 2.45) is 0 Å². The van der Waals surface area contributed by atoms with Crippen LogP contribution in [0.1, 0.15) is 15.4 Å². The highest BCUT2D eigenvalue weighted by Crippen LogP contribution is 2.42. The number of ketones is 1. The van der Waals surface area contributed by atoms with Gasteiger partial charge in [0, 0.05) is 16.4 Å². The summed E-state index contributed by atoms with van der Waals surface area (Å²) in [6, 6.07) is 4.85. The van der Waals surface area contributed by atoms with Crippen molar-refractivity contribution >= 4 is 87.8 Å². The lowest BCUT2D eigenvalue weighted by molar-refractivity contribution is -0.150. The van der Waals surface area contributed by atoms with Crippen LogP contribution in [0.3, 0.4) is 0 Å². The van der Waals surface area contributed by atoms with E-state index in [0.29, 0.717) is 21.4 Å². The van der Waals surface area contributed by atoms with Gasteiger partial charge in [0.15, 0.2) is 10.1 Å². The molecule has 0 radical (unpaired) electrons. The number of fused-ring (bicyclic) bond motifs is 1. The minimum atomic E-state index is -1.40. The molecule has 16 heteroatoms. The number of Topliss-reactive ketones (excluding diaryl/α,β-unsaturated/α-hetero) is 1. The number of amides is 2. The van der Waals surface area contributed by atoms with Crippen LogP contribution in [0.5, 0.6) is 0 Å². The molecule has 1 aromatic heterocycles. The van der Waals surface area contributed by atoms with Crippen LogP contribution in [-0.4, -0.2) is 88.9 Å². The number of aliphatic carboxylic acids is 1. The zero-order chi connectivity index (χ0) is 27.6. The lowest BCUT2D eigenvalue weighted by Gasteiger charge is -2.49. The van der Waals surface area contributed by atoms with Crippen molar-refractivity contribution in [2.45, 2.75) is 32.8 Å². The molecule has 2 aromatic rings. The fourth-order valence-electron chi connectivity index (χ4n) is 3.72. The quantitative estimate of drug-likeness (QED) is 0.146. The van der Waals surface area contributed by atoms with E-state index in [-0.39, 0.29) is 16.2 Å². The third-order valence-corrected chi connectivity index (χ3v) is 10.4. The zero-order valence-electron chi connectivity index (χ0n) is 19.5. The number of alkyl halides is 1. The number of hydrogen-bond acceptors (Lipinski definition) is 11. The fourth-order valence-corrected chi connectivity index (χ4v) is 8.35. The van der Waals surface area contributed by atoms with Crippen LogP contribution in [-0.2, 0) is 19.2 Å². The van der Waals surface area contributed by atoms with Gasteiger partial charge in [-0.15, -0.1) is 45.3 Å². The molecule has 38 heavy (non-hydrogen) atoms. The first-order valence-electron chi connectivity index (χ1n) is 10.8. The second-order valence-corrected chi connectivity index (χ2v) is 12.9. The lowest BCUT2D eigenvalue weighted by atomic mass is 10.0. The highest BCUT2D eigenvalue weighted by molar-refractivity contribution is 8.02. The Kier molecular flexibility index (Phi) is 9.03. The minimum absolute atomic E-state index is 0.0864. The van der Waals surface area contributed by atoms with Crippen molar-refractivity contribution in [3.8, 4) is 0 Å². The maximum absolute atomic E-state index is 13.1. The van der Waals surface area contributed by atoms with E-state index in [9.17, 15) is 34.2 Å². The van der Waals surface area contributed by atoms with Crippen molar-refractivity contribution in [2.75, 3.05) is 17.4 Å².